The molecule has 2 amide bonds. The zero-order valence-electron chi connectivity index (χ0n) is 20.9. The predicted molar refractivity (Wildman–Crippen MR) is 128 cm³/mol. The van der Waals surface area contributed by atoms with Gasteiger partial charge in [0.15, 0.2) is 0 Å². The van der Waals surface area contributed by atoms with Crippen LogP contribution in [0.1, 0.15) is 55.2 Å². The van der Waals surface area contributed by atoms with Gasteiger partial charge in [0.1, 0.15) is 23.7 Å². The summed E-state index contributed by atoms with van der Waals surface area (Å²) in [7, 11) is 1.48. The summed E-state index contributed by atoms with van der Waals surface area (Å²) in [6.45, 7) is 7.46. The number of methoxy groups -OCH3 is 1. The molecule has 2 aromatic rings. The Morgan fingerprint density at radius 1 is 1.11 bits per heavy atom. The number of hydrogen-bond acceptors (Lipinski definition) is 9. The maximum Gasteiger partial charge on any atom is 0.342 e. The molecule has 0 N–H and O–H groups in total. The van der Waals surface area contributed by atoms with Crippen LogP contribution in [0.4, 0.5) is 5.69 Å². The Labute approximate surface area is 208 Å². The second-order valence-corrected chi connectivity index (χ2v) is 8.57. The second-order valence-electron chi connectivity index (χ2n) is 8.57. The van der Waals surface area contributed by atoms with E-state index >= 15 is 0 Å². The fraction of sp³-hybridized carbons (Fsp3) is 0.458. The molecule has 192 valence electrons. The summed E-state index contributed by atoms with van der Waals surface area (Å²) in [5.74, 6) is -1.19. The summed E-state index contributed by atoms with van der Waals surface area (Å²) >= 11 is 0. The fourth-order valence-electron chi connectivity index (χ4n) is 4.10. The van der Waals surface area contributed by atoms with E-state index in [0.717, 1.165) is 0 Å². The molecular weight excluding hydrogens is 470 g/mol. The highest BCUT2D eigenvalue weighted by Crippen LogP contribution is 2.23. The molecule has 12 heteroatoms. The van der Waals surface area contributed by atoms with Gasteiger partial charge in [-0.2, -0.15) is 0 Å². The van der Waals surface area contributed by atoms with Crippen molar-refractivity contribution in [2.24, 2.45) is 0 Å². The lowest BCUT2D eigenvalue weighted by Crippen LogP contribution is -2.55. The van der Waals surface area contributed by atoms with Gasteiger partial charge in [0.25, 0.3) is 17.5 Å². The number of esters is 1. The summed E-state index contributed by atoms with van der Waals surface area (Å²) in [6, 6.07) is 4.00. The molecule has 0 aliphatic carbocycles. The van der Waals surface area contributed by atoms with E-state index < -0.39 is 16.8 Å². The van der Waals surface area contributed by atoms with Crippen molar-refractivity contribution in [3.63, 3.8) is 0 Å². The van der Waals surface area contributed by atoms with Crippen molar-refractivity contribution >= 4 is 23.5 Å². The first-order chi connectivity index (χ1) is 17.0. The first-order valence-corrected chi connectivity index (χ1v) is 11.4. The minimum atomic E-state index is -0.712. The van der Waals surface area contributed by atoms with E-state index in [9.17, 15) is 24.5 Å². The minimum Gasteiger partial charge on any atom is -0.460 e. The maximum absolute atomic E-state index is 13.4. The summed E-state index contributed by atoms with van der Waals surface area (Å²) < 4.78 is 10.1. The largest absolute Gasteiger partial charge is 0.460 e. The summed E-state index contributed by atoms with van der Waals surface area (Å²) in [5, 5.41) is 11.3. The van der Waals surface area contributed by atoms with Gasteiger partial charge in [0, 0.05) is 50.0 Å². The zero-order valence-corrected chi connectivity index (χ0v) is 20.9. The number of nitro groups is 1. The Kier molecular flexibility index (Phi) is 8.30. The van der Waals surface area contributed by atoms with Crippen LogP contribution in [0.5, 0.6) is 0 Å². The lowest BCUT2D eigenvalue weighted by atomic mass is 10.1. The first kappa shape index (κ1) is 26.7. The molecule has 1 fully saturated rings. The number of carbonyl (C=O) groups excluding carboxylic acids is 3. The Bertz CT molecular complexity index is 1200. The number of aromatic nitrogens is 2. The molecule has 12 nitrogen and oxygen atoms in total. The number of ether oxygens (including phenoxy) is 2. The van der Waals surface area contributed by atoms with E-state index in [2.05, 4.69) is 9.97 Å². The lowest BCUT2D eigenvalue weighted by Gasteiger charge is -2.40. The number of piperazine rings is 1. The quantitative estimate of drug-likeness (QED) is 0.242. The number of hydrogen-bond donors (Lipinski definition) is 0. The van der Waals surface area contributed by atoms with Gasteiger partial charge in [-0.15, -0.1) is 0 Å². The SMILES string of the molecule is COCCOC(=O)c1c(C)nc(C)nc1C(=O)N1CCN(C(=O)c2ccc(C)c([N+](=O)[O-])c2)C(C)C1. The molecule has 1 aromatic carbocycles. The molecule has 36 heavy (non-hydrogen) atoms. The number of rotatable bonds is 7. The molecule has 1 unspecified atom stereocenters. The molecule has 0 spiro atoms. The van der Waals surface area contributed by atoms with Gasteiger partial charge in [-0.3, -0.25) is 19.7 Å². The molecule has 1 saturated heterocycles. The number of aryl methyl sites for hydroxylation is 3. The monoisotopic (exact) mass is 499 g/mol. The highest BCUT2D eigenvalue weighted by Gasteiger charge is 2.34. The van der Waals surface area contributed by atoms with E-state index in [-0.39, 0.29) is 67.3 Å². The minimum absolute atomic E-state index is 0.000160. The standard InChI is InChI=1S/C24H29N5O7/c1-14-6-7-18(12-19(14)29(33)34)22(30)28-9-8-27(13-15(28)2)23(31)21-20(16(3)25-17(4)26-21)24(32)36-11-10-35-5/h6-7,12,15H,8-11,13H2,1-5H3. The Balaban J connectivity index is 1.79. The summed E-state index contributed by atoms with van der Waals surface area (Å²) in [6.07, 6.45) is 0. The average molecular weight is 500 g/mol. The van der Waals surface area contributed by atoms with Crippen molar-refractivity contribution in [1.29, 1.82) is 0 Å². The highest BCUT2D eigenvalue weighted by atomic mass is 16.6. The van der Waals surface area contributed by atoms with E-state index in [1.54, 1.807) is 44.7 Å². The van der Waals surface area contributed by atoms with Crippen LogP contribution in [0, 0.1) is 30.9 Å². The number of nitrogens with zero attached hydrogens (tertiary/aromatic N) is 5. The molecule has 1 aliphatic heterocycles. The molecule has 1 atom stereocenters. The van der Waals surface area contributed by atoms with Crippen molar-refractivity contribution in [1.82, 2.24) is 19.8 Å². The highest BCUT2D eigenvalue weighted by molar-refractivity contribution is 6.04. The van der Waals surface area contributed by atoms with Gasteiger partial charge in [-0.1, -0.05) is 6.07 Å². The van der Waals surface area contributed by atoms with Crippen LogP contribution in [0.2, 0.25) is 0 Å². The Morgan fingerprint density at radius 3 is 2.47 bits per heavy atom. The van der Waals surface area contributed by atoms with E-state index in [1.807, 2.05) is 0 Å². The normalized spacial score (nSPS) is 15.5. The van der Waals surface area contributed by atoms with Crippen LogP contribution in [-0.2, 0) is 9.47 Å². The number of nitro benzene ring substituents is 1. The third-order valence-electron chi connectivity index (χ3n) is 5.96. The molecule has 0 radical (unpaired) electrons. The number of benzene rings is 1. The van der Waals surface area contributed by atoms with Crippen LogP contribution in [0.25, 0.3) is 0 Å². The zero-order chi connectivity index (χ0) is 26.6. The maximum atomic E-state index is 13.4. The van der Waals surface area contributed by atoms with Crippen LogP contribution in [-0.4, -0.2) is 88.5 Å². The van der Waals surface area contributed by atoms with Crippen LogP contribution in [0.3, 0.4) is 0 Å². The van der Waals surface area contributed by atoms with Gasteiger partial charge in [0.05, 0.1) is 17.2 Å². The molecule has 2 heterocycles. The molecule has 1 aromatic heterocycles. The molecule has 0 saturated carbocycles. The van der Waals surface area contributed by atoms with Gasteiger partial charge < -0.3 is 19.3 Å². The van der Waals surface area contributed by atoms with Crippen molar-refractivity contribution in [2.45, 2.75) is 33.7 Å². The Morgan fingerprint density at radius 2 is 1.83 bits per heavy atom. The predicted octanol–water partition coefficient (Wildman–Crippen LogP) is 2.10. The van der Waals surface area contributed by atoms with Gasteiger partial charge in [-0.25, -0.2) is 14.8 Å². The van der Waals surface area contributed by atoms with Crippen molar-refractivity contribution in [3.8, 4) is 0 Å². The first-order valence-electron chi connectivity index (χ1n) is 11.4. The fourth-order valence-corrected chi connectivity index (χ4v) is 4.10. The third-order valence-corrected chi connectivity index (χ3v) is 5.96. The van der Waals surface area contributed by atoms with Crippen LogP contribution >= 0.6 is 0 Å². The molecule has 0 bridgehead atoms. The third kappa shape index (κ3) is 5.65. The van der Waals surface area contributed by atoms with Crippen molar-refractivity contribution in [2.75, 3.05) is 40.0 Å². The van der Waals surface area contributed by atoms with Crippen LogP contribution < -0.4 is 0 Å². The lowest BCUT2D eigenvalue weighted by molar-refractivity contribution is -0.385. The number of amides is 2. The smallest absolute Gasteiger partial charge is 0.342 e. The van der Waals surface area contributed by atoms with E-state index in [0.29, 0.717) is 17.1 Å². The Hall–Kier alpha value is -3.93. The second kappa shape index (κ2) is 11.2. The van der Waals surface area contributed by atoms with Crippen molar-refractivity contribution in [3.05, 3.63) is 62.2 Å². The topological polar surface area (TPSA) is 145 Å². The molecule has 3 rings (SSSR count). The van der Waals surface area contributed by atoms with Crippen molar-refractivity contribution < 1.29 is 28.8 Å². The number of carbonyl (C=O) groups is 3. The van der Waals surface area contributed by atoms with Crippen LogP contribution in [0.15, 0.2) is 18.2 Å². The molecular formula is C24H29N5O7. The molecule has 1 aliphatic rings. The summed E-state index contributed by atoms with van der Waals surface area (Å²) in [4.78, 5) is 61.5. The van der Waals surface area contributed by atoms with Gasteiger partial charge >= 0.3 is 5.97 Å². The average Bonchev–Trinajstić information content (AvgIpc) is 2.82. The van der Waals surface area contributed by atoms with E-state index in [4.69, 9.17) is 9.47 Å². The van der Waals surface area contributed by atoms with Gasteiger partial charge in [0.2, 0.25) is 0 Å². The van der Waals surface area contributed by atoms with Gasteiger partial charge in [-0.05, 0) is 33.8 Å². The van der Waals surface area contributed by atoms with E-state index in [1.165, 1.54) is 18.1 Å². The summed E-state index contributed by atoms with van der Waals surface area (Å²) in [5.41, 5.74) is 0.829.